The van der Waals surface area contributed by atoms with Gasteiger partial charge in [-0.25, -0.2) is 9.18 Å². The highest BCUT2D eigenvalue weighted by Crippen LogP contribution is 2.23. The first-order valence-electron chi connectivity index (χ1n) is 5.89. The third-order valence-corrected chi connectivity index (χ3v) is 3.28. The van der Waals surface area contributed by atoms with Gasteiger partial charge in [-0.05, 0) is 40.2 Å². The molecule has 0 aliphatic heterocycles. The van der Waals surface area contributed by atoms with Crippen molar-refractivity contribution >= 4 is 27.6 Å². The summed E-state index contributed by atoms with van der Waals surface area (Å²) in [4.78, 5) is 16.0. The molecule has 0 saturated heterocycles. The van der Waals surface area contributed by atoms with Crippen LogP contribution in [0.3, 0.4) is 0 Å². The van der Waals surface area contributed by atoms with E-state index in [2.05, 4.69) is 20.9 Å². The Bertz CT molecular complexity index is 620. The summed E-state index contributed by atoms with van der Waals surface area (Å²) < 4.78 is 18.6. The lowest BCUT2D eigenvalue weighted by molar-refractivity contribution is 0.0507. The summed E-state index contributed by atoms with van der Waals surface area (Å²) in [6, 6.07) is 7.92. The van der Waals surface area contributed by atoms with E-state index in [0.717, 1.165) is 11.8 Å². The fourth-order valence-corrected chi connectivity index (χ4v) is 2.07. The lowest BCUT2D eigenvalue weighted by atomic mass is 10.2. The van der Waals surface area contributed by atoms with E-state index in [1.165, 1.54) is 6.07 Å². The molecule has 20 heavy (non-hydrogen) atoms. The third-order valence-electron chi connectivity index (χ3n) is 2.62. The number of pyridine rings is 1. The molecule has 1 heterocycles. The van der Waals surface area contributed by atoms with E-state index in [-0.39, 0.29) is 17.9 Å². The van der Waals surface area contributed by atoms with Crippen molar-refractivity contribution in [1.29, 1.82) is 0 Å². The number of hydrogen-bond acceptors (Lipinski definition) is 4. The second-order valence-corrected chi connectivity index (χ2v) is 4.91. The number of esters is 1. The van der Waals surface area contributed by atoms with Crippen molar-refractivity contribution in [2.75, 3.05) is 12.3 Å². The Hall–Kier alpha value is -1.95. The number of nitrogen functional groups attached to an aromatic ring is 1. The predicted octanol–water partition coefficient (Wildman–Crippen LogP) is 2.96. The summed E-state index contributed by atoms with van der Waals surface area (Å²) in [5, 5.41) is 0. The molecule has 1 aromatic carbocycles. The van der Waals surface area contributed by atoms with Gasteiger partial charge in [-0.1, -0.05) is 6.07 Å². The van der Waals surface area contributed by atoms with E-state index in [4.69, 9.17) is 10.5 Å². The first-order chi connectivity index (χ1) is 9.58. The van der Waals surface area contributed by atoms with Crippen LogP contribution < -0.4 is 5.73 Å². The molecule has 0 saturated carbocycles. The molecular weight excluding hydrogens is 327 g/mol. The van der Waals surface area contributed by atoms with Crippen molar-refractivity contribution in [3.05, 3.63) is 58.1 Å². The van der Waals surface area contributed by atoms with E-state index >= 15 is 0 Å². The van der Waals surface area contributed by atoms with E-state index in [1.807, 2.05) is 18.2 Å². The zero-order chi connectivity index (χ0) is 14.5. The van der Waals surface area contributed by atoms with E-state index < -0.39 is 11.8 Å². The zero-order valence-electron chi connectivity index (χ0n) is 10.5. The van der Waals surface area contributed by atoms with Gasteiger partial charge in [0.25, 0.3) is 0 Å². The largest absolute Gasteiger partial charge is 0.462 e. The number of hydrogen-bond donors (Lipinski definition) is 1. The van der Waals surface area contributed by atoms with Crippen molar-refractivity contribution in [2.24, 2.45) is 0 Å². The summed E-state index contributed by atoms with van der Waals surface area (Å²) in [6.07, 6.45) is 2.19. The van der Waals surface area contributed by atoms with Gasteiger partial charge in [0.1, 0.15) is 5.82 Å². The summed E-state index contributed by atoms with van der Waals surface area (Å²) in [5.41, 5.74) is 6.37. The van der Waals surface area contributed by atoms with E-state index in [1.54, 1.807) is 6.20 Å². The minimum absolute atomic E-state index is 0.0927. The number of carbonyl (C=O) groups is 1. The Morgan fingerprint density at radius 1 is 1.40 bits per heavy atom. The van der Waals surface area contributed by atoms with E-state index in [0.29, 0.717) is 10.9 Å². The molecule has 0 amide bonds. The highest BCUT2D eigenvalue weighted by Gasteiger charge is 2.14. The van der Waals surface area contributed by atoms with Gasteiger partial charge < -0.3 is 10.5 Å². The van der Waals surface area contributed by atoms with Gasteiger partial charge in [0.2, 0.25) is 0 Å². The molecule has 1 aromatic heterocycles. The van der Waals surface area contributed by atoms with Crippen molar-refractivity contribution in [1.82, 2.24) is 4.98 Å². The van der Waals surface area contributed by atoms with Crippen LogP contribution in [0.2, 0.25) is 0 Å². The molecule has 0 atom stereocenters. The van der Waals surface area contributed by atoms with Gasteiger partial charge in [-0.2, -0.15) is 0 Å². The van der Waals surface area contributed by atoms with Crippen LogP contribution >= 0.6 is 15.9 Å². The van der Waals surface area contributed by atoms with Crippen LogP contribution in [0.5, 0.6) is 0 Å². The molecule has 0 fully saturated rings. The minimum atomic E-state index is -0.582. The number of benzene rings is 1. The smallest absolute Gasteiger partial charge is 0.339 e. The maximum atomic E-state index is 13.2. The fraction of sp³-hybridized carbons (Fsp3) is 0.143. The second kappa shape index (κ2) is 6.47. The number of anilines is 1. The van der Waals surface area contributed by atoms with Gasteiger partial charge in [0.05, 0.1) is 17.9 Å². The summed E-state index contributed by atoms with van der Waals surface area (Å²) in [7, 11) is 0. The quantitative estimate of drug-likeness (QED) is 0.687. The van der Waals surface area contributed by atoms with Crippen LogP contribution in [0.1, 0.15) is 16.1 Å². The predicted molar refractivity (Wildman–Crippen MR) is 76.7 cm³/mol. The number of rotatable bonds is 4. The zero-order valence-corrected chi connectivity index (χ0v) is 12.1. The summed E-state index contributed by atoms with van der Waals surface area (Å²) >= 11 is 3.11. The number of halogens is 2. The number of nitrogens with zero attached hydrogens (tertiary/aromatic N) is 1. The van der Waals surface area contributed by atoms with Crippen LogP contribution in [-0.2, 0) is 11.2 Å². The molecule has 0 spiro atoms. The fourth-order valence-electron chi connectivity index (χ4n) is 1.59. The molecule has 0 unspecified atom stereocenters. The minimum Gasteiger partial charge on any atom is -0.462 e. The lowest BCUT2D eigenvalue weighted by Crippen LogP contribution is -2.10. The Labute approximate surface area is 123 Å². The van der Waals surface area contributed by atoms with Crippen molar-refractivity contribution in [3.8, 4) is 0 Å². The number of nitrogens with two attached hydrogens (primary N) is 1. The third kappa shape index (κ3) is 3.54. The van der Waals surface area contributed by atoms with Crippen LogP contribution in [0.4, 0.5) is 10.1 Å². The Morgan fingerprint density at radius 2 is 2.20 bits per heavy atom. The molecular formula is C14H12BrFN2O2. The van der Waals surface area contributed by atoms with Gasteiger partial charge in [-0.15, -0.1) is 0 Å². The standard InChI is InChI=1S/C14H12BrFN2O2/c15-11-8-12(16)13(17)7-10(11)14(19)20-6-4-9-3-1-2-5-18-9/h1-3,5,7-8H,4,6,17H2. The van der Waals surface area contributed by atoms with Crippen LogP contribution in [0, 0.1) is 5.82 Å². The van der Waals surface area contributed by atoms with Crippen molar-refractivity contribution in [2.45, 2.75) is 6.42 Å². The number of ether oxygens (including phenoxy) is 1. The number of aromatic nitrogens is 1. The normalized spacial score (nSPS) is 10.3. The molecule has 2 aromatic rings. The van der Waals surface area contributed by atoms with Crippen molar-refractivity contribution < 1.29 is 13.9 Å². The highest BCUT2D eigenvalue weighted by molar-refractivity contribution is 9.10. The van der Waals surface area contributed by atoms with Crippen LogP contribution in [0.15, 0.2) is 41.0 Å². The summed E-state index contributed by atoms with van der Waals surface area (Å²) in [6.45, 7) is 0.194. The first-order valence-corrected chi connectivity index (χ1v) is 6.69. The second-order valence-electron chi connectivity index (χ2n) is 4.06. The summed E-state index contributed by atoms with van der Waals surface area (Å²) in [5.74, 6) is -1.14. The molecule has 0 radical (unpaired) electrons. The monoisotopic (exact) mass is 338 g/mol. The molecule has 0 bridgehead atoms. The first kappa shape index (κ1) is 14.5. The highest BCUT2D eigenvalue weighted by atomic mass is 79.9. The van der Waals surface area contributed by atoms with Gasteiger partial charge in [0.15, 0.2) is 0 Å². The van der Waals surface area contributed by atoms with Gasteiger partial charge in [0, 0.05) is 22.8 Å². The Morgan fingerprint density at radius 3 is 2.90 bits per heavy atom. The molecule has 2 rings (SSSR count). The van der Waals surface area contributed by atoms with Gasteiger partial charge in [-0.3, -0.25) is 4.98 Å². The van der Waals surface area contributed by atoms with Crippen molar-refractivity contribution in [3.63, 3.8) is 0 Å². The molecule has 4 nitrogen and oxygen atoms in total. The van der Waals surface area contributed by atoms with Crippen LogP contribution in [-0.4, -0.2) is 17.6 Å². The lowest BCUT2D eigenvalue weighted by Gasteiger charge is -2.07. The van der Waals surface area contributed by atoms with Gasteiger partial charge >= 0.3 is 5.97 Å². The maximum absolute atomic E-state index is 13.2. The average molecular weight is 339 g/mol. The molecule has 2 N–H and O–H groups in total. The Balaban J connectivity index is 1.97. The van der Waals surface area contributed by atoms with Crippen LogP contribution in [0.25, 0.3) is 0 Å². The Kier molecular flexibility index (Phi) is 4.68. The maximum Gasteiger partial charge on any atom is 0.339 e. The number of carbonyl (C=O) groups excluding carboxylic acids is 1. The molecule has 0 aliphatic carbocycles. The SMILES string of the molecule is Nc1cc(C(=O)OCCc2ccccn2)c(Br)cc1F. The molecule has 0 aliphatic rings. The average Bonchev–Trinajstić information content (AvgIpc) is 2.44. The molecule has 104 valence electrons. The van der Waals surface area contributed by atoms with E-state index in [9.17, 15) is 9.18 Å². The topological polar surface area (TPSA) is 65.2 Å². The molecule has 6 heteroatoms.